The summed E-state index contributed by atoms with van der Waals surface area (Å²) in [5.41, 5.74) is 1.61. The summed E-state index contributed by atoms with van der Waals surface area (Å²) in [4.78, 5) is 59.7. The number of carbonyl (C=O) groups excluding carboxylic acids is 4. The Morgan fingerprint density at radius 2 is 1.89 bits per heavy atom. The maximum absolute atomic E-state index is 13.6. The Kier molecular flexibility index (Phi) is 7.10. The van der Waals surface area contributed by atoms with Crippen molar-refractivity contribution in [2.45, 2.75) is 44.8 Å². The molecule has 182 valence electrons. The van der Waals surface area contributed by atoms with Gasteiger partial charge in [-0.3, -0.25) is 24.2 Å². The van der Waals surface area contributed by atoms with Crippen molar-refractivity contribution >= 4 is 29.6 Å². The number of hydrogen-bond acceptors (Lipinski definition) is 5. The first kappa shape index (κ1) is 24.3. The standard InChI is InChI=1S/C27H30N4O4/c1-4-18-8-10-19(11-9-18)25(33)29-21(15-17(2)3)27(35)30-14-12-22-24(30)23(32)16-31(22)26(34)20-7-5-6-13-28-20/h4-11,13,17,21-22,24H,1,12,14-16H2,2-3H3,(H,29,33). The second kappa shape index (κ2) is 10.2. The number of ketones is 1. The van der Waals surface area contributed by atoms with Gasteiger partial charge in [-0.05, 0) is 48.6 Å². The summed E-state index contributed by atoms with van der Waals surface area (Å²) in [6, 6.07) is 10.2. The Morgan fingerprint density at radius 1 is 1.14 bits per heavy atom. The molecule has 3 atom stereocenters. The number of fused-ring (bicyclic) bond motifs is 1. The zero-order valence-corrected chi connectivity index (χ0v) is 20.0. The second-order valence-electron chi connectivity index (χ2n) is 9.43. The molecule has 4 rings (SSSR count). The normalized spacial score (nSPS) is 20.0. The van der Waals surface area contributed by atoms with Crippen LogP contribution in [0.25, 0.3) is 6.08 Å². The summed E-state index contributed by atoms with van der Waals surface area (Å²) in [5.74, 6) is -0.967. The van der Waals surface area contributed by atoms with E-state index in [0.29, 0.717) is 24.9 Å². The number of likely N-dealkylation sites (tertiary alicyclic amines) is 2. The van der Waals surface area contributed by atoms with E-state index < -0.39 is 12.1 Å². The summed E-state index contributed by atoms with van der Waals surface area (Å²) in [6.07, 6.45) is 4.17. The number of Topliss-reactive ketones (excluding diaryl/α,β-unsaturated/α-hetero) is 1. The molecule has 3 amide bonds. The summed E-state index contributed by atoms with van der Waals surface area (Å²) < 4.78 is 0. The van der Waals surface area contributed by atoms with Gasteiger partial charge in [0, 0.05) is 18.3 Å². The Labute approximate surface area is 205 Å². The number of amides is 3. The highest BCUT2D eigenvalue weighted by atomic mass is 16.2. The first-order valence-corrected chi connectivity index (χ1v) is 11.9. The molecular formula is C27H30N4O4. The SMILES string of the molecule is C=Cc1ccc(C(=O)NC(CC(C)C)C(=O)N2CCC3C2C(=O)CN3C(=O)c2ccccn2)cc1. The van der Waals surface area contributed by atoms with Crippen molar-refractivity contribution in [3.05, 3.63) is 72.1 Å². The summed E-state index contributed by atoms with van der Waals surface area (Å²) in [7, 11) is 0. The minimum Gasteiger partial charge on any atom is -0.340 e. The molecule has 2 fully saturated rings. The zero-order valence-electron chi connectivity index (χ0n) is 20.0. The van der Waals surface area contributed by atoms with Gasteiger partial charge in [0.25, 0.3) is 11.8 Å². The number of pyridine rings is 1. The Balaban J connectivity index is 1.50. The van der Waals surface area contributed by atoms with Crippen LogP contribution in [-0.4, -0.2) is 69.5 Å². The predicted octanol–water partition coefficient (Wildman–Crippen LogP) is 2.56. The number of rotatable bonds is 7. The van der Waals surface area contributed by atoms with Crippen LogP contribution in [-0.2, 0) is 9.59 Å². The highest BCUT2D eigenvalue weighted by Gasteiger charge is 2.52. The third-order valence-electron chi connectivity index (χ3n) is 6.57. The molecule has 2 aliphatic rings. The predicted molar refractivity (Wildman–Crippen MR) is 131 cm³/mol. The van der Waals surface area contributed by atoms with E-state index in [4.69, 9.17) is 0 Å². The molecule has 0 aliphatic carbocycles. The number of nitrogens with one attached hydrogen (secondary N) is 1. The highest BCUT2D eigenvalue weighted by Crippen LogP contribution is 2.31. The van der Waals surface area contributed by atoms with Gasteiger partial charge in [0.15, 0.2) is 5.78 Å². The van der Waals surface area contributed by atoms with E-state index in [2.05, 4.69) is 16.9 Å². The first-order valence-electron chi connectivity index (χ1n) is 11.9. The quantitative estimate of drug-likeness (QED) is 0.665. The number of benzene rings is 1. The summed E-state index contributed by atoms with van der Waals surface area (Å²) in [6.45, 7) is 7.97. The van der Waals surface area contributed by atoms with Crippen molar-refractivity contribution in [2.75, 3.05) is 13.1 Å². The molecule has 2 aromatic rings. The van der Waals surface area contributed by atoms with Gasteiger partial charge in [-0.15, -0.1) is 0 Å². The average Bonchev–Trinajstić information content (AvgIpc) is 3.44. The molecule has 8 nitrogen and oxygen atoms in total. The van der Waals surface area contributed by atoms with Crippen LogP contribution in [0.5, 0.6) is 0 Å². The van der Waals surface area contributed by atoms with Crippen LogP contribution in [0.1, 0.15) is 53.1 Å². The van der Waals surface area contributed by atoms with Gasteiger partial charge in [-0.25, -0.2) is 0 Å². The number of nitrogens with zero attached hydrogens (tertiary/aromatic N) is 3. The second-order valence-corrected chi connectivity index (χ2v) is 9.43. The van der Waals surface area contributed by atoms with Crippen LogP contribution in [0.15, 0.2) is 55.2 Å². The van der Waals surface area contributed by atoms with Crippen molar-refractivity contribution in [2.24, 2.45) is 5.92 Å². The monoisotopic (exact) mass is 474 g/mol. The third-order valence-corrected chi connectivity index (χ3v) is 6.57. The lowest BCUT2D eigenvalue weighted by Crippen LogP contribution is -2.53. The average molecular weight is 475 g/mol. The topological polar surface area (TPSA) is 99.7 Å². The minimum absolute atomic E-state index is 0.0502. The third kappa shape index (κ3) is 5.01. The van der Waals surface area contributed by atoms with Gasteiger partial charge >= 0.3 is 0 Å². The molecule has 35 heavy (non-hydrogen) atoms. The van der Waals surface area contributed by atoms with Crippen LogP contribution < -0.4 is 5.32 Å². The van der Waals surface area contributed by atoms with Gasteiger partial charge < -0.3 is 15.1 Å². The largest absolute Gasteiger partial charge is 0.340 e. The molecule has 0 bridgehead atoms. The molecule has 0 radical (unpaired) electrons. The van der Waals surface area contributed by atoms with E-state index >= 15 is 0 Å². The molecule has 3 heterocycles. The Bertz CT molecular complexity index is 1130. The lowest BCUT2D eigenvalue weighted by Gasteiger charge is -2.29. The molecule has 2 aliphatic heterocycles. The van der Waals surface area contributed by atoms with Crippen molar-refractivity contribution in [3.63, 3.8) is 0 Å². The molecule has 0 saturated carbocycles. The molecule has 0 spiro atoms. The maximum atomic E-state index is 13.6. The number of aromatic nitrogens is 1. The van der Waals surface area contributed by atoms with Gasteiger partial charge in [0.05, 0.1) is 12.6 Å². The Morgan fingerprint density at radius 3 is 2.51 bits per heavy atom. The molecule has 8 heteroatoms. The van der Waals surface area contributed by atoms with Crippen molar-refractivity contribution in [1.29, 1.82) is 0 Å². The van der Waals surface area contributed by atoms with E-state index in [-0.39, 0.29) is 47.7 Å². The van der Waals surface area contributed by atoms with Crippen LogP contribution in [0.3, 0.4) is 0 Å². The minimum atomic E-state index is -0.770. The fourth-order valence-electron chi connectivity index (χ4n) is 4.88. The van der Waals surface area contributed by atoms with Crippen LogP contribution in [0.2, 0.25) is 0 Å². The molecule has 1 N–H and O–H groups in total. The van der Waals surface area contributed by atoms with Gasteiger partial charge in [-0.2, -0.15) is 0 Å². The van der Waals surface area contributed by atoms with E-state index in [9.17, 15) is 19.2 Å². The van der Waals surface area contributed by atoms with E-state index in [1.165, 1.54) is 11.1 Å². The van der Waals surface area contributed by atoms with E-state index in [0.717, 1.165) is 5.56 Å². The van der Waals surface area contributed by atoms with Crippen molar-refractivity contribution < 1.29 is 19.2 Å². The molecule has 2 saturated heterocycles. The lowest BCUT2D eigenvalue weighted by molar-refractivity contribution is -0.138. The Hall–Kier alpha value is -3.81. The number of carbonyl (C=O) groups is 4. The fraction of sp³-hybridized carbons (Fsp3) is 0.370. The molecular weight excluding hydrogens is 444 g/mol. The first-order chi connectivity index (χ1) is 16.8. The van der Waals surface area contributed by atoms with Crippen LogP contribution in [0, 0.1) is 5.92 Å². The van der Waals surface area contributed by atoms with E-state index in [1.807, 2.05) is 13.8 Å². The lowest BCUT2D eigenvalue weighted by atomic mass is 10.0. The molecule has 3 unspecified atom stereocenters. The van der Waals surface area contributed by atoms with Gasteiger partial charge in [0.1, 0.15) is 17.8 Å². The van der Waals surface area contributed by atoms with Gasteiger partial charge in [0.2, 0.25) is 5.91 Å². The van der Waals surface area contributed by atoms with Crippen molar-refractivity contribution in [3.8, 4) is 0 Å². The zero-order chi connectivity index (χ0) is 25.1. The summed E-state index contributed by atoms with van der Waals surface area (Å²) >= 11 is 0. The van der Waals surface area contributed by atoms with Crippen LogP contribution >= 0.6 is 0 Å². The number of hydrogen-bond donors (Lipinski definition) is 1. The van der Waals surface area contributed by atoms with Crippen LogP contribution in [0.4, 0.5) is 0 Å². The van der Waals surface area contributed by atoms with Gasteiger partial charge in [-0.1, -0.05) is 44.7 Å². The maximum Gasteiger partial charge on any atom is 0.273 e. The summed E-state index contributed by atoms with van der Waals surface area (Å²) in [5, 5.41) is 2.88. The fourth-order valence-corrected chi connectivity index (χ4v) is 4.88. The van der Waals surface area contributed by atoms with E-state index in [1.54, 1.807) is 53.4 Å². The smallest absolute Gasteiger partial charge is 0.273 e. The molecule has 1 aromatic carbocycles. The van der Waals surface area contributed by atoms with Crippen molar-refractivity contribution in [1.82, 2.24) is 20.1 Å². The molecule has 1 aromatic heterocycles. The highest BCUT2D eigenvalue weighted by molar-refractivity contribution is 6.03.